The minimum atomic E-state index is -0.108. The molecule has 25 heavy (non-hydrogen) atoms. The van der Waals surface area contributed by atoms with E-state index in [1.165, 1.54) is 12.5 Å². The highest BCUT2D eigenvalue weighted by Crippen LogP contribution is 2.17. The second-order valence-corrected chi connectivity index (χ2v) is 6.35. The van der Waals surface area contributed by atoms with Gasteiger partial charge < -0.3 is 4.90 Å². The van der Waals surface area contributed by atoms with Crippen LogP contribution in [0.25, 0.3) is 0 Å². The van der Waals surface area contributed by atoms with Gasteiger partial charge in [0.2, 0.25) is 5.91 Å². The lowest BCUT2D eigenvalue weighted by Crippen LogP contribution is -2.39. The molecular formula is C18H21Cl2N3O2. The Kier molecular flexibility index (Phi) is 7.02. The zero-order valence-electron chi connectivity index (χ0n) is 14.3. The summed E-state index contributed by atoms with van der Waals surface area (Å²) >= 11 is 11.3. The maximum absolute atomic E-state index is 11.5. The number of benzene rings is 1. The topological polar surface area (TPSA) is 55.2 Å². The van der Waals surface area contributed by atoms with Crippen LogP contribution in [0, 0.1) is 0 Å². The van der Waals surface area contributed by atoms with Crippen LogP contribution in [-0.2, 0) is 24.3 Å². The van der Waals surface area contributed by atoms with Crippen LogP contribution in [0.4, 0.5) is 0 Å². The summed E-state index contributed by atoms with van der Waals surface area (Å²) in [6, 6.07) is 7.91. The summed E-state index contributed by atoms with van der Waals surface area (Å²) in [5.74, 6) is -0.158. The number of hydrogen-bond acceptors (Lipinski definition) is 3. The van der Waals surface area contributed by atoms with Gasteiger partial charge in [0.25, 0.3) is 0 Å². The number of hydrogen-bond donors (Lipinski definition) is 0. The molecule has 3 rings (SSSR count). The fraction of sp³-hybridized carbons (Fsp3) is 0.389. The van der Waals surface area contributed by atoms with Gasteiger partial charge in [0.05, 0.1) is 30.5 Å². The first-order chi connectivity index (χ1) is 12.0. The van der Waals surface area contributed by atoms with Gasteiger partial charge in [0.1, 0.15) is 5.88 Å². The maximum Gasteiger partial charge on any atom is 0.237 e. The third kappa shape index (κ3) is 4.83. The predicted octanol–water partition coefficient (Wildman–Crippen LogP) is 3.57. The molecule has 2 aromatic rings. The highest BCUT2D eigenvalue weighted by atomic mass is 35.5. The summed E-state index contributed by atoms with van der Waals surface area (Å²) in [6.45, 7) is 5.23. The summed E-state index contributed by atoms with van der Waals surface area (Å²) in [6.07, 6.45) is 2.58. The van der Waals surface area contributed by atoms with Crippen LogP contribution in [0.1, 0.15) is 35.5 Å². The Morgan fingerprint density at radius 2 is 1.96 bits per heavy atom. The van der Waals surface area contributed by atoms with Crippen LogP contribution >= 0.6 is 23.2 Å². The zero-order chi connectivity index (χ0) is 18.4. The quantitative estimate of drug-likeness (QED) is 0.603. The molecule has 0 unspecified atom stereocenters. The fourth-order valence-corrected chi connectivity index (χ4v) is 3.06. The molecule has 2 heterocycles. The number of carbonyl (C=O) groups excluding carboxylic acids is 2. The largest absolute Gasteiger partial charge is 0.334 e. The van der Waals surface area contributed by atoms with Crippen LogP contribution in [0.15, 0.2) is 30.5 Å². The van der Waals surface area contributed by atoms with E-state index in [0.29, 0.717) is 25.2 Å². The van der Waals surface area contributed by atoms with Gasteiger partial charge in [-0.15, -0.1) is 11.6 Å². The molecule has 0 saturated heterocycles. The van der Waals surface area contributed by atoms with Gasteiger partial charge in [-0.05, 0) is 25.0 Å². The van der Waals surface area contributed by atoms with Crippen molar-refractivity contribution in [2.75, 3.05) is 12.4 Å². The number of halogens is 2. The highest BCUT2D eigenvalue weighted by Gasteiger charge is 2.24. The van der Waals surface area contributed by atoms with Crippen LogP contribution < -0.4 is 0 Å². The summed E-state index contributed by atoms with van der Waals surface area (Å²) in [4.78, 5) is 24.4. The molecule has 7 heteroatoms. The summed E-state index contributed by atoms with van der Waals surface area (Å²) in [5, 5.41) is 5.00. The van der Waals surface area contributed by atoms with Crippen molar-refractivity contribution < 1.29 is 9.59 Å². The number of aromatic nitrogens is 2. The van der Waals surface area contributed by atoms with Gasteiger partial charge in [-0.3, -0.25) is 14.3 Å². The van der Waals surface area contributed by atoms with Crippen LogP contribution in [0.5, 0.6) is 0 Å². The maximum atomic E-state index is 11.5. The monoisotopic (exact) mass is 381 g/mol. The molecule has 0 saturated carbocycles. The molecule has 0 spiro atoms. The highest BCUT2D eigenvalue weighted by molar-refractivity contribution is 6.31. The molecule has 0 radical (unpaired) electrons. The minimum Gasteiger partial charge on any atom is -0.334 e. The SMILES string of the molecule is CC(=O)c1cnn2c1CN(C(=O)CCl)CC2.CCc1ccccc1Cl. The standard InChI is InChI=1S/C10H12ClN3O2.C8H9Cl/c1-7(15)8-5-12-14-3-2-13(6-9(8)14)10(16)4-11;1-2-7-5-3-4-6-8(7)9/h5H,2-4,6H2,1H3;3-6H,2H2,1H3. The Balaban J connectivity index is 0.000000212. The summed E-state index contributed by atoms with van der Waals surface area (Å²) in [7, 11) is 0. The zero-order valence-corrected chi connectivity index (χ0v) is 15.8. The number of fused-ring (bicyclic) bond motifs is 1. The molecule has 0 aliphatic carbocycles. The number of Topliss-reactive ketones (excluding diaryl/α,β-unsaturated/α-hetero) is 1. The van der Waals surface area contributed by atoms with E-state index in [1.54, 1.807) is 15.8 Å². The van der Waals surface area contributed by atoms with E-state index >= 15 is 0 Å². The predicted molar refractivity (Wildman–Crippen MR) is 99.2 cm³/mol. The average molecular weight is 382 g/mol. The van der Waals surface area contributed by atoms with E-state index in [-0.39, 0.29) is 17.6 Å². The molecule has 0 fully saturated rings. The van der Waals surface area contributed by atoms with E-state index in [9.17, 15) is 9.59 Å². The number of ketones is 1. The number of carbonyl (C=O) groups is 2. The molecule has 5 nitrogen and oxygen atoms in total. The van der Waals surface area contributed by atoms with E-state index in [2.05, 4.69) is 12.0 Å². The number of rotatable bonds is 3. The van der Waals surface area contributed by atoms with Gasteiger partial charge >= 0.3 is 0 Å². The van der Waals surface area contributed by atoms with Crippen molar-refractivity contribution in [2.45, 2.75) is 33.4 Å². The van der Waals surface area contributed by atoms with Crippen molar-refractivity contribution in [2.24, 2.45) is 0 Å². The van der Waals surface area contributed by atoms with E-state index in [4.69, 9.17) is 23.2 Å². The van der Waals surface area contributed by atoms with Crippen molar-refractivity contribution in [3.63, 3.8) is 0 Å². The first-order valence-corrected chi connectivity index (χ1v) is 9.01. The lowest BCUT2D eigenvalue weighted by Gasteiger charge is -2.27. The Hall–Kier alpha value is -1.85. The molecule has 134 valence electrons. The van der Waals surface area contributed by atoms with Gasteiger partial charge in [-0.25, -0.2) is 0 Å². The molecule has 0 N–H and O–H groups in total. The van der Waals surface area contributed by atoms with Gasteiger partial charge in [-0.1, -0.05) is 36.7 Å². The summed E-state index contributed by atoms with van der Waals surface area (Å²) in [5.41, 5.74) is 2.61. The summed E-state index contributed by atoms with van der Waals surface area (Å²) < 4.78 is 1.77. The Morgan fingerprint density at radius 1 is 1.24 bits per heavy atom. The molecule has 1 aliphatic heterocycles. The molecule has 1 aliphatic rings. The number of nitrogens with zero attached hydrogens (tertiary/aromatic N) is 3. The van der Waals surface area contributed by atoms with E-state index < -0.39 is 0 Å². The first-order valence-electron chi connectivity index (χ1n) is 8.10. The van der Waals surface area contributed by atoms with Gasteiger partial charge in [0, 0.05) is 11.6 Å². The van der Waals surface area contributed by atoms with Crippen molar-refractivity contribution in [1.82, 2.24) is 14.7 Å². The number of amides is 1. The molecule has 1 aromatic heterocycles. The number of alkyl halides is 1. The van der Waals surface area contributed by atoms with Crippen molar-refractivity contribution >= 4 is 34.9 Å². The number of aryl methyl sites for hydroxylation is 1. The average Bonchev–Trinajstić information content (AvgIpc) is 3.05. The first kappa shape index (κ1) is 19.5. The van der Waals surface area contributed by atoms with E-state index in [0.717, 1.165) is 17.1 Å². The van der Waals surface area contributed by atoms with Crippen LogP contribution in [0.2, 0.25) is 5.02 Å². The lowest BCUT2D eigenvalue weighted by atomic mass is 10.1. The van der Waals surface area contributed by atoms with Crippen molar-refractivity contribution in [1.29, 1.82) is 0 Å². The van der Waals surface area contributed by atoms with Crippen molar-refractivity contribution in [3.8, 4) is 0 Å². The van der Waals surface area contributed by atoms with Gasteiger partial charge in [0.15, 0.2) is 5.78 Å². The molecule has 1 amide bonds. The second-order valence-electron chi connectivity index (χ2n) is 5.68. The Labute approximate surface area is 157 Å². The van der Waals surface area contributed by atoms with Crippen LogP contribution in [-0.4, -0.2) is 38.8 Å². The smallest absolute Gasteiger partial charge is 0.237 e. The normalized spacial score (nSPS) is 12.9. The second kappa shape index (κ2) is 9.02. The van der Waals surface area contributed by atoms with Crippen LogP contribution in [0.3, 0.4) is 0 Å². The van der Waals surface area contributed by atoms with Gasteiger partial charge in [-0.2, -0.15) is 5.10 Å². The van der Waals surface area contributed by atoms with Crippen molar-refractivity contribution in [3.05, 3.63) is 52.3 Å². The molecular weight excluding hydrogens is 361 g/mol. The molecule has 0 bridgehead atoms. The van der Waals surface area contributed by atoms with E-state index in [1.807, 2.05) is 24.3 Å². The third-order valence-corrected chi connectivity index (χ3v) is 4.65. The fourth-order valence-electron chi connectivity index (χ4n) is 2.62. The molecule has 1 aromatic carbocycles. The lowest BCUT2D eigenvalue weighted by molar-refractivity contribution is -0.129. The third-order valence-electron chi connectivity index (χ3n) is 4.06. The Bertz CT molecular complexity index is 759. The Morgan fingerprint density at radius 3 is 2.52 bits per heavy atom. The minimum absolute atomic E-state index is 0.0243. The molecule has 0 atom stereocenters.